The molecule has 1 saturated heterocycles. The summed E-state index contributed by atoms with van der Waals surface area (Å²) in [6.45, 7) is 3.64. The lowest BCUT2D eigenvalue weighted by Gasteiger charge is -2.39. The van der Waals surface area contributed by atoms with E-state index in [1.807, 2.05) is 0 Å². The van der Waals surface area contributed by atoms with Gasteiger partial charge in [-0.05, 0) is 43.3 Å². The molecule has 0 saturated carbocycles. The van der Waals surface area contributed by atoms with Crippen LogP contribution in [0.4, 0.5) is 0 Å². The van der Waals surface area contributed by atoms with E-state index in [1.54, 1.807) is 18.4 Å². The van der Waals surface area contributed by atoms with Crippen LogP contribution in [0.2, 0.25) is 0 Å². The van der Waals surface area contributed by atoms with E-state index in [4.69, 9.17) is 5.73 Å². The average molecular weight is 281 g/mol. The largest absolute Gasteiger partial charge is 0.358 e. The average Bonchev–Trinajstić information content (AvgIpc) is 2.86. The van der Waals surface area contributed by atoms with E-state index >= 15 is 0 Å². The molecule has 5 heteroatoms. The second-order valence-electron chi connectivity index (χ2n) is 5.08. The minimum Gasteiger partial charge on any atom is -0.358 e. The summed E-state index contributed by atoms with van der Waals surface area (Å²) in [6, 6.07) is 2.26. The molecule has 2 heterocycles. The molecule has 106 valence electrons. The number of hydrogen-bond donors (Lipinski definition) is 2. The SMILES string of the molecule is CNC(=O)C1CCCCN1C(CN)c1sccc1C. The van der Waals surface area contributed by atoms with Gasteiger partial charge in [-0.25, -0.2) is 0 Å². The van der Waals surface area contributed by atoms with E-state index in [-0.39, 0.29) is 18.0 Å². The van der Waals surface area contributed by atoms with Crippen molar-refractivity contribution in [1.82, 2.24) is 10.2 Å². The van der Waals surface area contributed by atoms with Crippen molar-refractivity contribution < 1.29 is 4.79 Å². The molecule has 2 unspecified atom stereocenters. The van der Waals surface area contributed by atoms with Gasteiger partial charge in [0, 0.05) is 18.5 Å². The normalized spacial score (nSPS) is 22.2. The first kappa shape index (κ1) is 14.5. The Bertz CT molecular complexity index is 432. The van der Waals surface area contributed by atoms with Gasteiger partial charge in [0.2, 0.25) is 5.91 Å². The Hall–Kier alpha value is -0.910. The summed E-state index contributed by atoms with van der Waals surface area (Å²) < 4.78 is 0. The van der Waals surface area contributed by atoms with Gasteiger partial charge in [-0.3, -0.25) is 9.69 Å². The summed E-state index contributed by atoms with van der Waals surface area (Å²) >= 11 is 1.74. The van der Waals surface area contributed by atoms with E-state index in [9.17, 15) is 4.79 Å². The smallest absolute Gasteiger partial charge is 0.237 e. The third-order valence-corrected chi connectivity index (χ3v) is 5.04. The molecule has 1 aliphatic rings. The van der Waals surface area contributed by atoms with Crippen molar-refractivity contribution in [1.29, 1.82) is 0 Å². The Kier molecular flexibility index (Phi) is 4.96. The van der Waals surface area contributed by atoms with Crippen LogP contribution in [0.5, 0.6) is 0 Å². The maximum Gasteiger partial charge on any atom is 0.237 e. The van der Waals surface area contributed by atoms with Crippen molar-refractivity contribution in [2.75, 3.05) is 20.1 Å². The third-order valence-electron chi connectivity index (χ3n) is 3.92. The van der Waals surface area contributed by atoms with Gasteiger partial charge in [0.05, 0.1) is 12.1 Å². The van der Waals surface area contributed by atoms with Crippen LogP contribution in [0.1, 0.15) is 35.7 Å². The molecule has 2 atom stereocenters. The van der Waals surface area contributed by atoms with Crippen LogP contribution in [0, 0.1) is 6.92 Å². The number of hydrogen-bond acceptors (Lipinski definition) is 4. The highest BCUT2D eigenvalue weighted by atomic mass is 32.1. The summed E-state index contributed by atoms with van der Waals surface area (Å²) in [6.07, 6.45) is 3.20. The molecule has 1 aromatic heterocycles. The van der Waals surface area contributed by atoms with Gasteiger partial charge in [0.1, 0.15) is 0 Å². The van der Waals surface area contributed by atoms with E-state index < -0.39 is 0 Å². The third kappa shape index (κ3) is 2.99. The van der Waals surface area contributed by atoms with Crippen LogP contribution in [0.25, 0.3) is 0 Å². The van der Waals surface area contributed by atoms with Crippen molar-refractivity contribution in [2.24, 2.45) is 5.73 Å². The molecule has 3 N–H and O–H groups in total. The van der Waals surface area contributed by atoms with E-state index in [0.717, 1.165) is 25.8 Å². The number of carbonyl (C=O) groups is 1. The second-order valence-corrected chi connectivity index (χ2v) is 6.03. The quantitative estimate of drug-likeness (QED) is 0.882. The lowest BCUT2D eigenvalue weighted by Crippen LogP contribution is -2.51. The molecule has 4 nitrogen and oxygen atoms in total. The molecule has 1 aliphatic heterocycles. The summed E-state index contributed by atoms with van der Waals surface area (Å²) in [5.74, 6) is 0.118. The number of likely N-dealkylation sites (N-methyl/N-ethyl adjacent to an activating group) is 1. The molecule has 1 aromatic rings. The number of likely N-dealkylation sites (tertiary alicyclic amines) is 1. The fourth-order valence-electron chi connectivity index (χ4n) is 2.89. The number of carbonyl (C=O) groups excluding carboxylic acids is 1. The molecule has 0 aliphatic carbocycles. The van der Waals surface area contributed by atoms with Gasteiger partial charge in [-0.15, -0.1) is 11.3 Å². The Morgan fingerprint density at radius 3 is 3.00 bits per heavy atom. The topological polar surface area (TPSA) is 58.4 Å². The van der Waals surface area contributed by atoms with Crippen LogP contribution in [0.15, 0.2) is 11.4 Å². The molecule has 1 amide bonds. The standard InChI is InChI=1S/C14H23N3OS/c1-10-6-8-19-13(10)12(9-15)17-7-4-3-5-11(17)14(18)16-2/h6,8,11-12H,3-5,7,9,15H2,1-2H3,(H,16,18). The lowest BCUT2D eigenvalue weighted by molar-refractivity contribution is -0.128. The molecule has 0 bridgehead atoms. The summed E-state index contributed by atoms with van der Waals surface area (Å²) in [7, 11) is 1.71. The first-order valence-electron chi connectivity index (χ1n) is 6.90. The highest BCUT2D eigenvalue weighted by Gasteiger charge is 2.34. The van der Waals surface area contributed by atoms with Gasteiger partial charge < -0.3 is 11.1 Å². The summed E-state index contributed by atoms with van der Waals surface area (Å²) in [4.78, 5) is 15.7. The zero-order valence-electron chi connectivity index (χ0n) is 11.7. The molecule has 0 spiro atoms. The maximum absolute atomic E-state index is 12.1. The lowest BCUT2D eigenvalue weighted by atomic mass is 9.97. The Labute approximate surface area is 119 Å². The van der Waals surface area contributed by atoms with E-state index in [0.29, 0.717) is 6.54 Å². The zero-order valence-corrected chi connectivity index (χ0v) is 12.5. The Balaban J connectivity index is 2.24. The minimum atomic E-state index is -0.0335. The van der Waals surface area contributed by atoms with Crippen LogP contribution in [-0.4, -0.2) is 37.0 Å². The molecular weight excluding hydrogens is 258 g/mol. The zero-order chi connectivity index (χ0) is 13.8. The highest BCUT2D eigenvalue weighted by molar-refractivity contribution is 7.10. The predicted octanol–water partition coefficient (Wildman–Crippen LogP) is 1.66. The first-order chi connectivity index (χ1) is 9.19. The van der Waals surface area contributed by atoms with Gasteiger partial charge in [0.25, 0.3) is 0 Å². The second kappa shape index (κ2) is 6.50. The molecule has 1 fully saturated rings. The van der Waals surface area contributed by atoms with E-state index in [1.165, 1.54) is 10.4 Å². The molecule has 0 aromatic carbocycles. The fourth-order valence-corrected chi connectivity index (χ4v) is 3.96. The van der Waals surface area contributed by atoms with Crippen molar-refractivity contribution >= 4 is 17.2 Å². The van der Waals surface area contributed by atoms with Crippen molar-refractivity contribution in [2.45, 2.75) is 38.3 Å². The van der Waals surface area contributed by atoms with Crippen LogP contribution in [0.3, 0.4) is 0 Å². The monoisotopic (exact) mass is 281 g/mol. The van der Waals surface area contributed by atoms with Crippen molar-refractivity contribution in [3.05, 3.63) is 21.9 Å². The first-order valence-corrected chi connectivity index (χ1v) is 7.78. The number of nitrogens with zero attached hydrogens (tertiary/aromatic N) is 1. The van der Waals surface area contributed by atoms with Gasteiger partial charge >= 0.3 is 0 Å². The van der Waals surface area contributed by atoms with Crippen LogP contribution in [-0.2, 0) is 4.79 Å². The maximum atomic E-state index is 12.1. The number of rotatable bonds is 4. The predicted molar refractivity (Wildman–Crippen MR) is 79.3 cm³/mol. The van der Waals surface area contributed by atoms with Crippen LogP contribution < -0.4 is 11.1 Å². The van der Waals surface area contributed by atoms with Crippen molar-refractivity contribution in [3.8, 4) is 0 Å². The number of thiophene rings is 1. The minimum absolute atomic E-state index is 0.0335. The van der Waals surface area contributed by atoms with Gasteiger partial charge in [0.15, 0.2) is 0 Å². The Morgan fingerprint density at radius 1 is 1.63 bits per heavy atom. The fraction of sp³-hybridized carbons (Fsp3) is 0.643. The van der Waals surface area contributed by atoms with Gasteiger partial charge in [-0.1, -0.05) is 6.42 Å². The van der Waals surface area contributed by atoms with Gasteiger partial charge in [-0.2, -0.15) is 0 Å². The van der Waals surface area contributed by atoms with Crippen LogP contribution >= 0.6 is 11.3 Å². The number of aryl methyl sites for hydroxylation is 1. The Morgan fingerprint density at radius 2 is 2.42 bits per heavy atom. The number of nitrogens with one attached hydrogen (secondary N) is 1. The molecule has 19 heavy (non-hydrogen) atoms. The molecular formula is C14H23N3OS. The van der Waals surface area contributed by atoms with Crippen molar-refractivity contribution in [3.63, 3.8) is 0 Å². The summed E-state index contributed by atoms with van der Waals surface area (Å²) in [5, 5.41) is 4.89. The number of piperidine rings is 1. The molecule has 0 radical (unpaired) electrons. The van der Waals surface area contributed by atoms with E-state index in [2.05, 4.69) is 28.6 Å². The number of amides is 1. The summed E-state index contributed by atoms with van der Waals surface area (Å²) in [5.41, 5.74) is 7.28. The number of nitrogens with two attached hydrogens (primary N) is 1. The molecule has 2 rings (SSSR count). The highest BCUT2D eigenvalue weighted by Crippen LogP contribution is 2.32.